The van der Waals surface area contributed by atoms with Gasteiger partial charge in [0.05, 0.1) is 12.7 Å². The van der Waals surface area contributed by atoms with Crippen LogP contribution in [-0.2, 0) is 13.6 Å². The fourth-order valence-corrected chi connectivity index (χ4v) is 4.04. The van der Waals surface area contributed by atoms with Crippen molar-refractivity contribution in [1.29, 1.82) is 0 Å². The van der Waals surface area contributed by atoms with Gasteiger partial charge in [-0.1, -0.05) is 19.9 Å². The van der Waals surface area contributed by atoms with Crippen LogP contribution in [0.3, 0.4) is 0 Å². The van der Waals surface area contributed by atoms with Crippen LogP contribution in [0.1, 0.15) is 33.1 Å². The van der Waals surface area contributed by atoms with Crippen molar-refractivity contribution in [2.75, 3.05) is 39.5 Å². The highest BCUT2D eigenvalue weighted by atomic mass is 28.3. The summed E-state index contributed by atoms with van der Waals surface area (Å²) in [6.07, 6.45) is 5.71. The molecule has 1 fully saturated rings. The Labute approximate surface area is 125 Å². The zero-order valence-corrected chi connectivity index (χ0v) is 14.3. The highest BCUT2D eigenvalue weighted by molar-refractivity contribution is 6.44. The van der Waals surface area contributed by atoms with Crippen molar-refractivity contribution in [2.45, 2.75) is 45.3 Å². The predicted molar refractivity (Wildman–Crippen MR) is 85.4 cm³/mol. The summed E-state index contributed by atoms with van der Waals surface area (Å²) in [5.74, 6) is 0. The van der Waals surface area contributed by atoms with Crippen molar-refractivity contribution in [1.82, 2.24) is 4.90 Å². The van der Waals surface area contributed by atoms with E-state index in [1.807, 2.05) is 6.08 Å². The van der Waals surface area contributed by atoms with E-state index in [9.17, 15) is 0 Å². The SMILES string of the molecule is C=CCN(CCC[SiH](OCCC)OCCC)CC1CO1. The maximum Gasteiger partial charge on any atom is 0.321 e. The summed E-state index contributed by atoms with van der Waals surface area (Å²) in [4.78, 5) is 2.41. The molecule has 0 aromatic heterocycles. The fourth-order valence-electron chi connectivity index (χ4n) is 2.10. The maximum absolute atomic E-state index is 5.88. The van der Waals surface area contributed by atoms with Crippen LogP contribution in [0.4, 0.5) is 0 Å². The van der Waals surface area contributed by atoms with Gasteiger partial charge in [0.2, 0.25) is 0 Å². The van der Waals surface area contributed by atoms with E-state index in [1.165, 1.54) is 0 Å². The summed E-state index contributed by atoms with van der Waals surface area (Å²) in [5.41, 5.74) is 0. The molecule has 4 nitrogen and oxygen atoms in total. The molecular formula is C15H31NO3Si. The van der Waals surface area contributed by atoms with Crippen molar-refractivity contribution in [2.24, 2.45) is 0 Å². The summed E-state index contributed by atoms with van der Waals surface area (Å²) in [7, 11) is -1.45. The molecule has 0 N–H and O–H groups in total. The molecule has 1 aliphatic rings. The molecule has 0 aromatic carbocycles. The average molecular weight is 302 g/mol. The molecule has 0 aliphatic carbocycles. The molecule has 0 amide bonds. The number of hydrogen-bond donors (Lipinski definition) is 0. The van der Waals surface area contributed by atoms with Gasteiger partial charge in [0.15, 0.2) is 0 Å². The second-order valence-corrected chi connectivity index (χ2v) is 7.42. The summed E-state index contributed by atoms with van der Waals surface area (Å²) < 4.78 is 17.1. The minimum absolute atomic E-state index is 0.454. The molecule has 0 spiro atoms. The number of epoxide rings is 1. The number of hydrogen-bond acceptors (Lipinski definition) is 4. The molecule has 1 atom stereocenters. The summed E-state index contributed by atoms with van der Waals surface area (Å²) in [6.45, 7) is 13.8. The first-order valence-corrected chi connectivity index (χ1v) is 9.74. The minimum atomic E-state index is -1.45. The van der Waals surface area contributed by atoms with Crippen LogP contribution in [0.25, 0.3) is 0 Å². The monoisotopic (exact) mass is 301 g/mol. The van der Waals surface area contributed by atoms with Crippen LogP contribution in [-0.4, -0.2) is 59.7 Å². The Morgan fingerprint density at radius 1 is 1.30 bits per heavy atom. The lowest BCUT2D eigenvalue weighted by atomic mass is 10.3. The standard InChI is InChI=1S/C15H31NO3Si/c1-4-8-16(13-15-14-17-15)9-7-12-20(18-10-5-2)19-11-6-3/h4,15,20H,1,5-14H2,2-3H3. The van der Waals surface area contributed by atoms with E-state index in [-0.39, 0.29) is 0 Å². The lowest BCUT2D eigenvalue weighted by Gasteiger charge is -2.21. The molecule has 0 aromatic rings. The predicted octanol–water partition coefficient (Wildman–Crippen LogP) is 2.34. The first kappa shape index (κ1) is 17.8. The molecule has 0 bridgehead atoms. The highest BCUT2D eigenvalue weighted by Gasteiger charge is 2.25. The van der Waals surface area contributed by atoms with E-state index in [0.717, 1.165) is 64.8 Å². The van der Waals surface area contributed by atoms with Gasteiger partial charge in [0.25, 0.3) is 0 Å². The van der Waals surface area contributed by atoms with E-state index in [2.05, 4.69) is 25.3 Å². The van der Waals surface area contributed by atoms with Crippen LogP contribution >= 0.6 is 0 Å². The van der Waals surface area contributed by atoms with Gasteiger partial charge in [-0.15, -0.1) is 6.58 Å². The molecule has 1 saturated heterocycles. The molecule has 1 heterocycles. The van der Waals surface area contributed by atoms with E-state index in [0.29, 0.717) is 6.10 Å². The number of nitrogens with zero attached hydrogens (tertiary/aromatic N) is 1. The van der Waals surface area contributed by atoms with Crippen molar-refractivity contribution in [3.05, 3.63) is 12.7 Å². The first-order chi connectivity index (χ1) is 9.80. The summed E-state index contributed by atoms with van der Waals surface area (Å²) in [6, 6.07) is 1.10. The van der Waals surface area contributed by atoms with Gasteiger partial charge in [-0.2, -0.15) is 0 Å². The fraction of sp³-hybridized carbons (Fsp3) is 0.867. The first-order valence-electron chi connectivity index (χ1n) is 7.98. The van der Waals surface area contributed by atoms with Crippen molar-refractivity contribution in [3.63, 3.8) is 0 Å². The molecule has 1 aliphatic heterocycles. The van der Waals surface area contributed by atoms with Crippen LogP contribution < -0.4 is 0 Å². The third kappa shape index (κ3) is 8.87. The van der Waals surface area contributed by atoms with Crippen LogP contribution in [0.15, 0.2) is 12.7 Å². The molecule has 5 heteroatoms. The molecule has 1 unspecified atom stereocenters. The van der Waals surface area contributed by atoms with Gasteiger partial charge in [0, 0.05) is 26.3 Å². The zero-order chi connectivity index (χ0) is 14.6. The Bertz CT molecular complexity index is 241. The zero-order valence-electron chi connectivity index (χ0n) is 13.2. The third-order valence-corrected chi connectivity index (χ3v) is 5.28. The van der Waals surface area contributed by atoms with Gasteiger partial charge in [-0.05, 0) is 31.9 Å². The number of rotatable bonds is 14. The van der Waals surface area contributed by atoms with Crippen molar-refractivity contribution < 1.29 is 13.6 Å². The Kier molecular flexibility index (Phi) is 10.2. The van der Waals surface area contributed by atoms with E-state index >= 15 is 0 Å². The third-order valence-electron chi connectivity index (χ3n) is 3.18. The molecular weight excluding hydrogens is 270 g/mol. The normalized spacial score (nSPS) is 17.9. The molecule has 1 rings (SSSR count). The van der Waals surface area contributed by atoms with E-state index in [4.69, 9.17) is 13.6 Å². The van der Waals surface area contributed by atoms with Gasteiger partial charge in [-0.3, -0.25) is 4.90 Å². The topological polar surface area (TPSA) is 34.2 Å². The van der Waals surface area contributed by atoms with E-state index < -0.39 is 9.28 Å². The largest absolute Gasteiger partial charge is 0.397 e. The van der Waals surface area contributed by atoms with Gasteiger partial charge in [-0.25, -0.2) is 0 Å². The highest BCUT2D eigenvalue weighted by Crippen LogP contribution is 2.12. The lowest BCUT2D eigenvalue weighted by Crippen LogP contribution is -2.31. The molecule has 0 saturated carbocycles. The van der Waals surface area contributed by atoms with Gasteiger partial charge in [0.1, 0.15) is 0 Å². The molecule has 118 valence electrons. The lowest BCUT2D eigenvalue weighted by molar-refractivity contribution is 0.193. The van der Waals surface area contributed by atoms with E-state index in [1.54, 1.807) is 0 Å². The second-order valence-electron chi connectivity index (χ2n) is 5.32. The Hall–Kier alpha value is -0.203. The van der Waals surface area contributed by atoms with Gasteiger partial charge >= 0.3 is 9.28 Å². The van der Waals surface area contributed by atoms with Crippen LogP contribution in [0.5, 0.6) is 0 Å². The number of ether oxygens (including phenoxy) is 1. The summed E-state index contributed by atoms with van der Waals surface area (Å²) in [5, 5.41) is 0. The van der Waals surface area contributed by atoms with Crippen molar-refractivity contribution in [3.8, 4) is 0 Å². The van der Waals surface area contributed by atoms with Crippen LogP contribution in [0.2, 0.25) is 6.04 Å². The average Bonchev–Trinajstić information content (AvgIpc) is 3.25. The minimum Gasteiger partial charge on any atom is -0.397 e. The Morgan fingerprint density at radius 3 is 2.45 bits per heavy atom. The smallest absolute Gasteiger partial charge is 0.321 e. The Balaban J connectivity index is 2.18. The van der Waals surface area contributed by atoms with Gasteiger partial charge < -0.3 is 13.6 Å². The summed E-state index contributed by atoms with van der Waals surface area (Å²) >= 11 is 0. The van der Waals surface area contributed by atoms with Crippen LogP contribution in [0, 0.1) is 0 Å². The molecule has 20 heavy (non-hydrogen) atoms. The van der Waals surface area contributed by atoms with Crippen molar-refractivity contribution >= 4 is 9.28 Å². The Morgan fingerprint density at radius 2 is 1.95 bits per heavy atom. The maximum atomic E-state index is 5.88. The quantitative estimate of drug-likeness (QED) is 0.280. The molecule has 0 radical (unpaired) electrons. The second kappa shape index (κ2) is 11.5.